The molecule has 12 heavy (non-hydrogen) atoms. The van der Waals surface area contributed by atoms with Crippen molar-refractivity contribution in [2.24, 2.45) is 0 Å². The zero-order valence-corrected chi connectivity index (χ0v) is 6.24. The smallest absolute Gasteiger partial charge is 0.449 e. The number of hydrogen-bond donors (Lipinski definition) is 1. The Morgan fingerprint density at radius 1 is 1.67 bits per heavy atom. The average Bonchev–Trinajstić information content (AvgIpc) is 1.96. The number of nitrogens with zero attached hydrogens (tertiary/aromatic N) is 1. The van der Waals surface area contributed by atoms with Crippen LogP contribution in [-0.2, 0) is 0 Å². The third kappa shape index (κ3) is 1.91. The fraction of sp³-hybridized carbons (Fsp3) is 0.143. The number of halogens is 1. The molecule has 0 aliphatic heterocycles. The van der Waals surface area contributed by atoms with Crippen molar-refractivity contribution in [3.8, 4) is 5.88 Å². The molecule has 1 rings (SSSR count). The molecule has 1 aromatic rings. The molecule has 1 heterocycles. The van der Waals surface area contributed by atoms with Gasteiger partial charge in [-0.3, -0.25) is 0 Å². The van der Waals surface area contributed by atoms with Crippen LogP contribution in [0.5, 0.6) is 5.88 Å². The van der Waals surface area contributed by atoms with E-state index in [-0.39, 0.29) is 11.6 Å². The van der Waals surface area contributed by atoms with Crippen LogP contribution in [0.15, 0.2) is 12.1 Å². The van der Waals surface area contributed by atoms with E-state index in [0.29, 0.717) is 0 Å². The zero-order chi connectivity index (χ0) is 9.14. The first-order chi connectivity index (χ1) is 5.59. The number of ether oxygens (including phenoxy) is 1. The standard InChI is InChI=1S/C7H6FNO3/c1-4-5(8)2-3-6(9-4)12-7(10)11/h2-3H,1H3,(H,10,11). The Hall–Kier alpha value is -1.65. The fourth-order valence-electron chi connectivity index (χ4n) is 0.667. The van der Waals surface area contributed by atoms with Gasteiger partial charge in [0, 0.05) is 6.07 Å². The molecule has 0 aliphatic carbocycles. The molecule has 0 radical (unpaired) electrons. The summed E-state index contributed by atoms with van der Waals surface area (Å²) >= 11 is 0. The Bertz CT molecular complexity index is 314. The van der Waals surface area contributed by atoms with Crippen LogP contribution in [0.2, 0.25) is 0 Å². The highest BCUT2D eigenvalue weighted by molar-refractivity contribution is 5.60. The van der Waals surface area contributed by atoms with Crippen molar-refractivity contribution in [3.05, 3.63) is 23.6 Å². The van der Waals surface area contributed by atoms with Gasteiger partial charge in [-0.1, -0.05) is 0 Å². The van der Waals surface area contributed by atoms with Gasteiger partial charge in [-0.05, 0) is 13.0 Å². The van der Waals surface area contributed by atoms with Crippen molar-refractivity contribution >= 4 is 6.16 Å². The number of pyridine rings is 1. The Morgan fingerprint density at radius 3 is 2.83 bits per heavy atom. The van der Waals surface area contributed by atoms with E-state index in [9.17, 15) is 9.18 Å². The summed E-state index contributed by atoms with van der Waals surface area (Å²) in [7, 11) is 0. The van der Waals surface area contributed by atoms with Crippen LogP contribution in [0.25, 0.3) is 0 Å². The molecule has 0 fully saturated rings. The summed E-state index contributed by atoms with van der Waals surface area (Å²) < 4.78 is 16.8. The predicted molar refractivity (Wildman–Crippen MR) is 37.6 cm³/mol. The first-order valence-corrected chi connectivity index (χ1v) is 3.13. The second-order valence-corrected chi connectivity index (χ2v) is 2.08. The number of carboxylic acid groups (broad SMARTS) is 1. The molecule has 1 N–H and O–H groups in total. The van der Waals surface area contributed by atoms with Gasteiger partial charge in [0.2, 0.25) is 5.88 Å². The molecule has 0 saturated heterocycles. The van der Waals surface area contributed by atoms with Gasteiger partial charge in [0.05, 0.1) is 5.69 Å². The van der Waals surface area contributed by atoms with Crippen LogP contribution < -0.4 is 4.74 Å². The van der Waals surface area contributed by atoms with Crippen LogP contribution in [-0.4, -0.2) is 16.2 Å². The van der Waals surface area contributed by atoms with Crippen molar-refractivity contribution in [1.82, 2.24) is 4.98 Å². The number of carbonyl (C=O) groups is 1. The highest BCUT2D eigenvalue weighted by Gasteiger charge is 2.04. The first kappa shape index (κ1) is 8.45. The monoisotopic (exact) mass is 171 g/mol. The summed E-state index contributed by atoms with van der Waals surface area (Å²) in [6.45, 7) is 1.42. The number of aryl methyl sites for hydroxylation is 1. The number of rotatable bonds is 1. The highest BCUT2D eigenvalue weighted by Crippen LogP contribution is 2.10. The summed E-state index contributed by atoms with van der Waals surface area (Å²) in [5.74, 6) is -0.617. The van der Waals surface area contributed by atoms with Crippen molar-refractivity contribution < 1.29 is 19.0 Å². The maximum absolute atomic E-state index is 12.6. The second kappa shape index (κ2) is 3.17. The van der Waals surface area contributed by atoms with Crippen molar-refractivity contribution in [2.75, 3.05) is 0 Å². The van der Waals surface area contributed by atoms with E-state index in [1.165, 1.54) is 6.92 Å². The molecule has 1 aromatic heterocycles. The van der Waals surface area contributed by atoms with E-state index < -0.39 is 12.0 Å². The van der Waals surface area contributed by atoms with Gasteiger partial charge in [0.25, 0.3) is 0 Å². The van der Waals surface area contributed by atoms with Gasteiger partial charge in [0.1, 0.15) is 5.82 Å². The quantitative estimate of drug-likeness (QED) is 0.651. The number of hydrogen-bond acceptors (Lipinski definition) is 3. The Morgan fingerprint density at radius 2 is 2.33 bits per heavy atom. The van der Waals surface area contributed by atoms with E-state index in [4.69, 9.17) is 5.11 Å². The number of aromatic nitrogens is 1. The normalized spacial score (nSPS) is 9.50. The SMILES string of the molecule is Cc1nc(OC(=O)O)ccc1F. The van der Waals surface area contributed by atoms with Gasteiger partial charge in [0.15, 0.2) is 0 Å². The van der Waals surface area contributed by atoms with E-state index in [0.717, 1.165) is 12.1 Å². The lowest BCUT2D eigenvalue weighted by Gasteiger charge is -1.99. The van der Waals surface area contributed by atoms with Crippen molar-refractivity contribution in [2.45, 2.75) is 6.92 Å². The molecular weight excluding hydrogens is 165 g/mol. The predicted octanol–water partition coefficient (Wildman–Crippen LogP) is 1.59. The highest BCUT2D eigenvalue weighted by atomic mass is 19.1. The van der Waals surface area contributed by atoms with Gasteiger partial charge in [-0.25, -0.2) is 14.2 Å². The Balaban J connectivity index is 2.89. The first-order valence-electron chi connectivity index (χ1n) is 3.13. The van der Waals surface area contributed by atoms with Crippen molar-refractivity contribution in [3.63, 3.8) is 0 Å². The van der Waals surface area contributed by atoms with E-state index in [1.54, 1.807) is 0 Å². The van der Waals surface area contributed by atoms with Crippen LogP contribution >= 0.6 is 0 Å². The summed E-state index contributed by atoms with van der Waals surface area (Å²) in [6.07, 6.45) is -1.46. The van der Waals surface area contributed by atoms with Crippen LogP contribution in [0.1, 0.15) is 5.69 Å². The lowest BCUT2D eigenvalue weighted by Crippen LogP contribution is -2.05. The largest absolute Gasteiger partial charge is 0.512 e. The lowest BCUT2D eigenvalue weighted by molar-refractivity contribution is 0.142. The molecule has 0 aliphatic rings. The maximum atomic E-state index is 12.6. The fourth-order valence-corrected chi connectivity index (χ4v) is 0.667. The minimum absolute atomic E-state index is 0.105. The van der Waals surface area contributed by atoms with Gasteiger partial charge in [-0.2, -0.15) is 0 Å². The zero-order valence-electron chi connectivity index (χ0n) is 6.24. The maximum Gasteiger partial charge on any atom is 0.512 e. The van der Waals surface area contributed by atoms with Gasteiger partial charge < -0.3 is 9.84 Å². The molecule has 0 aromatic carbocycles. The molecule has 0 unspecified atom stereocenters. The van der Waals surface area contributed by atoms with E-state index in [2.05, 4.69) is 9.72 Å². The van der Waals surface area contributed by atoms with Gasteiger partial charge in [-0.15, -0.1) is 0 Å². The molecule has 64 valence electrons. The lowest BCUT2D eigenvalue weighted by atomic mass is 10.3. The Kier molecular flexibility index (Phi) is 2.23. The molecule has 0 saturated carbocycles. The third-order valence-corrected chi connectivity index (χ3v) is 1.19. The molecule has 4 nitrogen and oxygen atoms in total. The molecular formula is C7H6FNO3. The second-order valence-electron chi connectivity index (χ2n) is 2.08. The molecule has 0 atom stereocenters. The molecule has 0 bridgehead atoms. The van der Waals surface area contributed by atoms with Crippen LogP contribution in [0.4, 0.5) is 9.18 Å². The minimum Gasteiger partial charge on any atom is -0.449 e. The minimum atomic E-state index is -1.46. The molecule has 5 heteroatoms. The molecule has 0 spiro atoms. The molecule has 0 amide bonds. The summed E-state index contributed by atoms with van der Waals surface area (Å²) in [6, 6.07) is 2.25. The topological polar surface area (TPSA) is 59.4 Å². The van der Waals surface area contributed by atoms with Crippen molar-refractivity contribution in [1.29, 1.82) is 0 Å². The van der Waals surface area contributed by atoms with Crippen LogP contribution in [0.3, 0.4) is 0 Å². The van der Waals surface area contributed by atoms with Gasteiger partial charge >= 0.3 is 6.16 Å². The van der Waals surface area contributed by atoms with E-state index in [1.807, 2.05) is 0 Å². The Labute approximate surface area is 67.6 Å². The van der Waals surface area contributed by atoms with Crippen LogP contribution in [0, 0.1) is 12.7 Å². The summed E-state index contributed by atoms with van der Waals surface area (Å²) in [5.41, 5.74) is 0.105. The van der Waals surface area contributed by atoms with E-state index >= 15 is 0 Å². The third-order valence-electron chi connectivity index (χ3n) is 1.19. The average molecular weight is 171 g/mol. The summed E-state index contributed by atoms with van der Waals surface area (Å²) in [4.78, 5) is 13.5. The summed E-state index contributed by atoms with van der Waals surface area (Å²) in [5, 5.41) is 8.17.